The van der Waals surface area contributed by atoms with E-state index >= 15 is 0 Å². The van der Waals surface area contributed by atoms with Crippen molar-refractivity contribution in [2.45, 2.75) is 18.9 Å². The second-order valence-electron chi connectivity index (χ2n) is 5.61. The van der Waals surface area contributed by atoms with Gasteiger partial charge in [0.05, 0.1) is 0 Å². The van der Waals surface area contributed by atoms with Crippen molar-refractivity contribution in [3.63, 3.8) is 0 Å². The Kier molecular flexibility index (Phi) is 4.95. The highest BCUT2D eigenvalue weighted by atomic mass is 16.5. The van der Waals surface area contributed by atoms with E-state index in [0.29, 0.717) is 0 Å². The van der Waals surface area contributed by atoms with Crippen molar-refractivity contribution in [2.75, 3.05) is 5.73 Å². The molecular formula is C21H21NO. The van der Waals surface area contributed by atoms with E-state index in [1.165, 1.54) is 11.1 Å². The summed E-state index contributed by atoms with van der Waals surface area (Å²) in [4.78, 5) is 0. The summed E-state index contributed by atoms with van der Waals surface area (Å²) in [6, 6.07) is 28.5. The first-order valence-electron chi connectivity index (χ1n) is 7.92. The topological polar surface area (TPSA) is 35.2 Å². The molecule has 2 nitrogen and oxygen atoms in total. The summed E-state index contributed by atoms with van der Waals surface area (Å²) in [7, 11) is 0. The molecule has 0 aliphatic carbocycles. The number of rotatable bonds is 6. The first-order valence-corrected chi connectivity index (χ1v) is 7.92. The first kappa shape index (κ1) is 15.2. The van der Waals surface area contributed by atoms with Gasteiger partial charge in [0.1, 0.15) is 11.9 Å². The van der Waals surface area contributed by atoms with E-state index < -0.39 is 0 Å². The van der Waals surface area contributed by atoms with Crippen LogP contribution in [0.5, 0.6) is 5.75 Å². The lowest BCUT2D eigenvalue weighted by atomic mass is 10.0. The third-order valence-electron chi connectivity index (χ3n) is 3.87. The Bertz CT molecular complexity index is 708. The second kappa shape index (κ2) is 7.50. The molecular weight excluding hydrogens is 282 g/mol. The largest absolute Gasteiger partial charge is 0.486 e. The van der Waals surface area contributed by atoms with Gasteiger partial charge in [0, 0.05) is 5.69 Å². The molecule has 1 unspecified atom stereocenters. The molecule has 0 radical (unpaired) electrons. The lowest BCUT2D eigenvalue weighted by Crippen LogP contribution is -2.09. The van der Waals surface area contributed by atoms with Crippen molar-refractivity contribution in [2.24, 2.45) is 0 Å². The molecule has 23 heavy (non-hydrogen) atoms. The van der Waals surface area contributed by atoms with Gasteiger partial charge in [-0.2, -0.15) is 0 Å². The zero-order valence-corrected chi connectivity index (χ0v) is 13.1. The van der Waals surface area contributed by atoms with Crippen LogP contribution in [0.25, 0.3) is 0 Å². The van der Waals surface area contributed by atoms with E-state index in [2.05, 4.69) is 48.5 Å². The number of hydrogen-bond donors (Lipinski definition) is 1. The van der Waals surface area contributed by atoms with Crippen LogP contribution in [0.3, 0.4) is 0 Å². The highest BCUT2D eigenvalue weighted by Gasteiger charge is 2.13. The number of nitrogens with two attached hydrogens (primary N) is 1. The molecule has 3 aromatic rings. The number of hydrogen-bond acceptors (Lipinski definition) is 2. The maximum Gasteiger partial charge on any atom is 0.124 e. The third kappa shape index (κ3) is 4.36. The van der Waals surface area contributed by atoms with E-state index in [1.807, 2.05) is 36.4 Å². The van der Waals surface area contributed by atoms with Crippen molar-refractivity contribution in [3.8, 4) is 5.75 Å². The van der Waals surface area contributed by atoms with Gasteiger partial charge in [0.15, 0.2) is 0 Å². The Morgan fingerprint density at radius 2 is 1.35 bits per heavy atom. The monoisotopic (exact) mass is 303 g/mol. The van der Waals surface area contributed by atoms with Gasteiger partial charge in [-0.1, -0.05) is 60.7 Å². The van der Waals surface area contributed by atoms with Gasteiger partial charge < -0.3 is 10.5 Å². The zero-order chi connectivity index (χ0) is 15.9. The molecule has 116 valence electrons. The van der Waals surface area contributed by atoms with Crippen LogP contribution in [-0.4, -0.2) is 0 Å². The molecule has 2 heteroatoms. The van der Waals surface area contributed by atoms with E-state index in [4.69, 9.17) is 10.5 Å². The quantitative estimate of drug-likeness (QED) is 0.649. The number of anilines is 1. The fraction of sp³-hybridized carbons (Fsp3) is 0.143. The summed E-state index contributed by atoms with van der Waals surface area (Å²) < 4.78 is 6.22. The van der Waals surface area contributed by atoms with Crippen LogP contribution < -0.4 is 10.5 Å². The normalized spacial score (nSPS) is 11.8. The number of ether oxygens (including phenoxy) is 1. The first-order chi connectivity index (χ1) is 11.3. The standard InChI is InChI=1S/C21H21NO/c22-19-12-14-20(15-13-19)23-21(18-9-5-2-6-10-18)16-11-17-7-3-1-4-8-17/h1-10,12-15,21H,11,16,22H2. The molecule has 0 aromatic heterocycles. The molecule has 3 rings (SSSR count). The van der Waals surface area contributed by atoms with Crippen LogP contribution in [0.4, 0.5) is 5.69 Å². The van der Waals surface area contributed by atoms with Gasteiger partial charge in [0.2, 0.25) is 0 Å². The van der Waals surface area contributed by atoms with Crippen molar-refractivity contribution < 1.29 is 4.74 Å². The zero-order valence-electron chi connectivity index (χ0n) is 13.1. The Morgan fingerprint density at radius 3 is 2.00 bits per heavy atom. The van der Waals surface area contributed by atoms with E-state index in [-0.39, 0.29) is 6.10 Å². The lowest BCUT2D eigenvalue weighted by molar-refractivity contribution is 0.195. The highest BCUT2D eigenvalue weighted by molar-refractivity contribution is 5.41. The Balaban J connectivity index is 1.75. The average molecular weight is 303 g/mol. The van der Waals surface area contributed by atoms with Crippen LogP contribution in [0, 0.1) is 0 Å². The summed E-state index contributed by atoms with van der Waals surface area (Å²) in [5.74, 6) is 0.848. The molecule has 0 saturated heterocycles. The molecule has 0 aliphatic heterocycles. The van der Waals surface area contributed by atoms with Crippen LogP contribution in [-0.2, 0) is 6.42 Å². The predicted octanol–water partition coefficient (Wildman–Crippen LogP) is 5.02. The Hall–Kier alpha value is -2.74. The second-order valence-corrected chi connectivity index (χ2v) is 5.61. The predicted molar refractivity (Wildman–Crippen MR) is 95.4 cm³/mol. The summed E-state index contributed by atoms with van der Waals surface area (Å²) in [5.41, 5.74) is 9.02. The minimum Gasteiger partial charge on any atom is -0.486 e. The van der Waals surface area contributed by atoms with Gasteiger partial charge in [0.25, 0.3) is 0 Å². The molecule has 0 aliphatic rings. The minimum absolute atomic E-state index is 0.0278. The van der Waals surface area contributed by atoms with Gasteiger partial charge in [-0.15, -0.1) is 0 Å². The molecule has 0 heterocycles. The van der Waals surface area contributed by atoms with E-state index in [0.717, 1.165) is 24.3 Å². The molecule has 0 fully saturated rings. The minimum atomic E-state index is 0.0278. The molecule has 3 aromatic carbocycles. The number of benzene rings is 3. The van der Waals surface area contributed by atoms with Crippen LogP contribution in [0.1, 0.15) is 23.7 Å². The maximum atomic E-state index is 6.22. The molecule has 0 bridgehead atoms. The van der Waals surface area contributed by atoms with E-state index in [9.17, 15) is 0 Å². The van der Waals surface area contributed by atoms with Crippen LogP contribution in [0.15, 0.2) is 84.9 Å². The lowest BCUT2D eigenvalue weighted by Gasteiger charge is -2.20. The molecule has 0 amide bonds. The van der Waals surface area contributed by atoms with Crippen molar-refractivity contribution >= 4 is 5.69 Å². The fourth-order valence-corrected chi connectivity index (χ4v) is 2.61. The van der Waals surface area contributed by atoms with Crippen molar-refractivity contribution in [3.05, 3.63) is 96.1 Å². The van der Waals surface area contributed by atoms with Crippen LogP contribution >= 0.6 is 0 Å². The molecule has 1 atom stereocenters. The van der Waals surface area contributed by atoms with Gasteiger partial charge >= 0.3 is 0 Å². The fourth-order valence-electron chi connectivity index (χ4n) is 2.61. The summed E-state index contributed by atoms with van der Waals surface area (Å²) in [6.07, 6.45) is 1.94. The average Bonchev–Trinajstić information content (AvgIpc) is 2.62. The van der Waals surface area contributed by atoms with Crippen molar-refractivity contribution in [1.82, 2.24) is 0 Å². The highest BCUT2D eigenvalue weighted by Crippen LogP contribution is 2.26. The molecule has 0 saturated carbocycles. The SMILES string of the molecule is Nc1ccc(OC(CCc2ccccc2)c2ccccc2)cc1. The van der Waals surface area contributed by atoms with Gasteiger partial charge in [-0.05, 0) is 48.2 Å². The summed E-state index contributed by atoms with van der Waals surface area (Å²) in [6.45, 7) is 0. The molecule has 2 N–H and O–H groups in total. The van der Waals surface area contributed by atoms with Gasteiger partial charge in [-0.25, -0.2) is 0 Å². The number of nitrogen functional groups attached to an aromatic ring is 1. The Morgan fingerprint density at radius 1 is 0.739 bits per heavy atom. The maximum absolute atomic E-state index is 6.22. The smallest absolute Gasteiger partial charge is 0.124 e. The van der Waals surface area contributed by atoms with Crippen LogP contribution in [0.2, 0.25) is 0 Å². The number of aryl methyl sites for hydroxylation is 1. The summed E-state index contributed by atoms with van der Waals surface area (Å²) in [5, 5.41) is 0. The third-order valence-corrected chi connectivity index (χ3v) is 3.87. The molecule has 0 spiro atoms. The van der Waals surface area contributed by atoms with E-state index in [1.54, 1.807) is 0 Å². The summed E-state index contributed by atoms with van der Waals surface area (Å²) >= 11 is 0. The van der Waals surface area contributed by atoms with Gasteiger partial charge in [-0.3, -0.25) is 0 Å². The Labute approximate surface area is 137 Å². The van der Waals surface area contributed by atoms with Crippen molar-refractivity contribution in [1.29, 1.82) is 0 Å².